The minimum absolute atomic E-state index is 0.0783. The average molecular weight is 259 g/mol. The molecule has 88 valence electrons. The Morgan fingerprint density at radius 1 is 1.12 bits per heavy atom. The maximum atomic E-state index is 12.5. The molecule has 6 heteroatoms. The minimum atomic E-state index is -4.48. The van der Waals surface area contributed by atoms with Crippen LogP contribution in [0.3, 0.4) is 0 Å². The molecule has 0 N–H and O–H groups in total. The van der Waals surface area contributed by atoms with Gasteiger partial charge in [-0.2, -0.15) is 13.2 Å². The van der Waals surface area contributed by atoms with Crippen molar-refractivity contribution in [3.63, 3.8) is 0 Å². The van der Waals surface area contributed by atoms with Gasteiger partial charge in [0.2, 0.25) is 0 Å². The van der Waals surface area contributed by atoms with Crippen molar-refractivity contribution in [2.75, 3.05) is 0 Å². The third-order valence-electron chi connectivity index (χ3n) is 2.07. The Hall–Kier alpha value is -1.62. The predicted molar refractivity (Wildman–Crippen MR) is 57.5 cm³/mol. The van der Waals surface area contributed by atoms with E-state index in [9.17, 15) is 13.2 Å². The summed E-state index contributed by atoms with van der Waals surface area (Å²) in [7, 11) is 0. The molecule has 2 heterocycles. The highest BCUT2D eigenvalue weighted by Crippen LogP contribution is 2.32. The van der Waals surface area contributed by atoms with Crippen molar-refractivity contribution in [3.05, 3.63) is 47.4 Å². The first-order chi connectivity index (χ1) is 7.98. The first-order valence-electron chi connectivity index (χ1n) is 4.62. The predicted octanol–water partition coefficient (Wildman–Crippen LogP) is 3.82. The number of hydrogen-bond acceptors (Lipinski definition) is 2. The topological polar surface area (TPSA) is 25.8 Å². The number of halogens is 4. The molecule has 17 heavy (non-hydrogen) atoms. The van der Waals surface area contributed by atoms with Crippen LogP contribution in [0.1, 0.15) is 5.69 Å². The van der Waals surface area contributed by atoms with E-state index in [2.05, 4.69) is 9.97 Å². The lowest BCUT2D eigenvalue weighted by Gasteiger charge is -2.09. The van der Waals surface area contributed by atoms with Crippen molar-refractivity contribution in [1.82, 2.24) is 9.97 Å². The van der Waals surface area contributed by atoms with E-state index in [1.165, 1.54) is 18.5 Å². The fraction of sp³-hybridized carbons (Fsp3) is 0.0909. The van der Waals surface area contributed by atoms with E-state index < -0.39 is 11.9 Å². The van der Waals surface area contributed by atoms with Crippen LogP contribution in [0, 0.1) is 0 Å². The van der Waals surface area contributed by atoms with Crippen LogP contribution in [-0.4, -0.2) is 9.97 Å². The summed E-state index contributed by atoms with van der Waals surface area (Å²) in [6, 6.07) is 5.23. The molecule has 0 aromatic carbocycles. The quantitative estimate of drug-likeness (QED) is 0.777. The van der Waals surface area contributed by atoms with Crippen molar-refractivity contribution in [2.24, 2.45) is 0 Å². The van der Waals surface area contributed by atoms with E-state index in [1.54, 1.807) is 12.1 Å². The molecule has 2 rings (SSSR count). The molecule has 0 amide bonds. The lowest BCUT2D eigenvalue weighted by molar-refractivity contribution is -0.141. The molecule has 0 saturated carbocycles. The van der Waals surface area contributed by atoms with Gasteiger partial charge in [0.25, 0.3) is 0 Å². The molecule has 0 spiro atoms. The van der Waals surface area contributed by atoms with Gasteiger partial charge in [-0.1, -0.05) is 11.6 Å². The number of rotatable bonds is 1. The molecule has 0 radical (unpaired) electrons. The highest BCUT2D eigenvalue weighted by molar-refractivity contribution is 6.33. The normalized spacial score (nSPS) is 11.5. The number of pyridine rings is 2. The van der Waals surface area contributed by atoms with Gasteiger partial charge in [0, 0.05) is 18.0 Å². The molecule has 0 fully saturated rings. The van der Waals surface area contributed by atoms with E-state index in [1.807, 2.05) is 0 Å². The number of nitrogens with zero attached hydrogens (tertiary/aromatic N) is 2. The average Bonchev–Trinajstić information content (AvgIpc) is 2.29. The summed E-state index contributed by atoms with van der Waals surface area (Å²) in [5, 5.41) is 0.158. The van der Waals surface area contributed by atoms with E-state index in [4.69, 9.17) is 11.6 Å². The molecule has 2 aromatic heterocycles. The molecule has 0 bridgehead atoms. The van der Waals surface area contributed by atoms with Gasteiger partial charge in [-0.25, -0.2) is 4.98 Å². The maximum absolute atomic E-state index is 12.5. The van der Waals surface area contributed by atoms with Crippen LogP contribution in [0.2, 0.25) is 5.02 Å². The summed E-state index contributed by atoms with van der Waals surface area (Å²) in [5.74, 6) is 0. The van der Waals surface area contributed by atoms with E-state index in [-0.39, 0.29) is 10.7 Å². The third kappa shape index (κ3) is 2.55. The van der Waals surface area contributed by atoms with Gasteiger partial charge in [-0.3, -0.25) is 4.98 Å². The largest absolute Gasteiger partial charge is 0.433 e. The second-order valence-electron chi connectivity index (χ2n) is 3.27. The van der Waals surface area contributed by atoms with Gasteiger partial charge in [-0.15, -0.1) is 0 Å². The molecule has 2 nitrogen and oxygen atoms in total. The van der Waals surface area contributed by atoms with Gasteiger partial charge in [0.1, 0.15) is 5.69 Å². The lowest BCUT2D eigenvalue weighted by Crippen LogP contribution is -2.08. The summed E-state index contributed by atoms with van der Waals surface area (Å²) < 4.78 is 37.5. The fourth-order valence-corrected chi connectivity index (χ4v) is 1.52. The summed E-state index contributed by atoms with van der Waals surface area (Å²) in [6.45, 7) is 0. The molecular weight excluding hydrogens is 253 g/mol. The highest BCUT2D eigenvalue weighted by Gasteiger charge is 2.33. The molecule has 2 aromatic rings. The lowest BCUT2D eigenvalue weighted by atomic mass is 10.2. The van der Waals surface area contributed by atoms with Crippen LogP contribution in [0.15, 0.2) is 36.7 Å². The van der Waals surface area contributed by atoms with Crippen LogP contribution in [-0.2, 0) is 6.18 Å². The Kier molecular flexibility index (Phi) is 3.02. The van der Waals surface area contributed by atoms with Crippen molar-refractivity contribution in [2.45, 2.75) is 6.18 Å². The van der Waals surface area contributed by atoms with Gasteiger partial charge in [0.05, 0.1) is 10.7 Å². The molecule has 0 atom stereocenters. The summed E-state index contributed by atoms with van der Waals surface area (Å²) >= 11 is 5.82. The Morgan fingerprint density at radius 2 is 1.88 bits per heavy atom. The van der Waals surface area contributed by atoms with Crippen molar-refractivity contribution in [3.8, 4) is 11.3 Å². The number of hydrogen-bond donors (Lipinski definition) is 0. The molecule has 0 unspecified atom stereocenters. The molecule has 0 aliphatic carbocycles. The fourth-order valence-electron chi connectivity index (χ4n) is 1.31. The first-order valence-corrected chi connectivity index (χ1v) is 5.00. The van der Waals surface area contributed by atoms with E-state index >= 15 is 0 Å². The number of aromatic nitrogens is 2. The summed E-state index contributed by atoms with van der Waals surface area (Å²) in [5.41, 5.74) is -0.445. The number of alkyl halides is 3. The van der Waals surface area contributed by atoms with Crippen LogP contribution >= 0.6 is 11.6 Å². The Morgan fingerprint density at radius 3 is 2.47 bits per heavy atom. The standard InChI is InChI=1S/C11H6ClF3N2/c12-8-3-4-9(11(13,14)15)17-10(8)7-2-1-5-16-6-7/h1-6H. The third-order valence-corrected chi connectivity index (χ3v) is 2.38. The minimum Gasteiger partial charge on any atom is -0.264 e. The Labute approximate surface area is 100 Å². The van der Waals surface area contributed by atoms with E-state index in [0.717, 1.165) is 6.07 Å². The van der Waals surface area contributed by atoms with Gasteiger partial charge >= 0.3 is 6.18 Å². The zero-order valence-electron chi connectivity index (χ0n) is 8.37. The van der Waals surface area contributed by atoms with E-state index in [0.29, 0.717) is 5.56 Å². The van der Waals surface area contributed by atoms with Crippen molar-refractivity contribution < 1.29 is 13.2 Å². The smallest absolute Gasteiger partial charge is 0.264 e. The second-order valence-corrected chi connectivity index (χ2v) is 3.67. The van der Waals surface area contributed by atoms with Crippen LogP contribution in [0.25, 0.3) is 11.3 Å². The van der Waals surface area contributed by atoms with Crippen molar-refractivity contribution >= 4 is 11.6 Å². The molecule has 0 saturated heterocycles. The van der Waals surface area contributed by atoms with Gasteiger partial charge < -0.3 is 0 Å². The summed E-state index contributed by atoms with van der Waals surface area (Å²) in [6.07, 6.45) is -1.55. The Bertz CT molecular complexity index is 526. The highest BCUT2D eigenvalue weighted by atomic mass is 35.5. The van der Waals surface area contributed by atoms with Crippen LogP contribution < -0.4 is 0 Å². The summed E-state index contributed by atoms with van der Waals surface area (Å²) in [4.78, 5) is 7.33. The molecule has 0 aliphatic heterocycles. The van der Waals surface area contributed by atoms with Crippen LogP contribution in [0.4, 0.5) is 13.2 Å². The zero-order valence-corrected chi connectivity index (χ0v) is 9.13. The molecular formula is C11H6ClF3N2. The maximum Gasteiger partial charge on any atom is 0.433 e. The second kappa shape index (κ2) is 4.33. The van der Waals surface area contributed by atoms with Gasteiger partial charge in [0.15, 0.2) is 0 Å². The Balaban J connectivity index is 2.55. The molecule has 0 aliphatic rings. The van der Waals surface area contributed by atoms with Crippen LogP contribution in [0.5, 0.6) is 0 Å². The zero-order chi connectivity index (χ0) is 12.5. The SMILES string of the molecule is FC(F)(F)c1ccc(Cl)c(-c2cccnc2)n1. The monoisotopic (exact) mass is 258 g/mol. The van der Waals surface area contributed by atoms with Crippen molar-refractivity contribution in [1.29, 1.82) is 0 Å². The van der Waals surface area contributed by atoms with Gasteiger partial charge in [-0.05, 0) is 24.3 Å². The first kappa shape index (κ1) is 11.9.